The van der Waals surface area contributed by atoms with Crippen molar-refractivity contribution in [2.45, 2.75) is 20.0 Å². The first-order valence-electron chi connectivity index (χ1n) is 7.85. The monoisotopic (exact) mass is 354 g/mol. The molecule has 0 aliphatic rings. The van der Waals surface area contributed by atoms with E-state index >= 15 is 0 Å². The molecule has 0 radical (unpaired) electrons. The van der Waals surface area contributed by atoms with Gasteiger partial charge in [0.05, 0.1) is 12.3 Å². The topological polar surface area (TPSA) is 63.8 Å². The average Bonchev–Trinajstić information content (AvgIpc) is 3.26. The van der Waals surface area contributed by atoms with Crippen molar-refractivity contribution in [1.82, 2.24) is 5.43 Å². The number of hydrazone groups is 1. The minimum absolute atomic E-state index is 0.125. The summed E-state index contributed by atoms with van der Waals surface area (Å²) in [4.78, 5) is 13.0. The van der Waals surface area contributed by atoms with Gasteiger partial charge in [0, 0.05) is 10.4 Å². The van der Waals surface area contributed by atoms with Crippen LogP contribution in [0.5, 0.6) is 5.75 Å². The number of rotatable bonds is 6. The van der Waals surface area contributed by atoms with Crippen molar-refractivity contribution < 1.29 is 13.9 Å². The Morgan fingerprint density at radius 2 is 2.00 bits per heavy atom. The van der Waals surface area contributed by atoms with Gasteiger partial charge in [0.15, 0.2) is 5.76 Å². The van der Waals surface area contributed by atoms with Gasteiger partial charge in [-0.15, -0.1) is 11.3 Å². The first-order chi connectivity index (χ1) is 12.1. The smallest absolute Gasteiger partial charge is 0.307 e. The summed E-state index contributed by atoms with van der Waals surface area (Å²) in [7, 11) is 0. The third-order valence-corrected chi connectivity index (χ3v) is 4.05. The molecule has 0 saturated carbocycles. The first-order valence-corrected chi connectivity index (χ1v) is 8.73. The Kier molecular flexibility index (Phi) is 5.30. The Balaban J connectivity index is 1.64. The largest absolute Gasteiger partial charge is 0.491 e. The molecule has 2 heterocycles. The number of benzene rings is 1. The van der Waals surface area contributed by atoms with E-state index in [-0.39, 0.29) is 17.8 Å². The standard InChI is InChI=1S/C19H18N2O3S/c1-13(2)23-15-7-5-14(6-8-15)17-9-10-18(24-17)19(22)21-20-12-16-4-3-11-25-16/h3-13H,1-2H3,(H,21,22). The van der Waals surface area contributed by atoms with E-state index in [1.54, 1.807) is 29.7 Å². The lowest BCUT2D eigenvalue weighted by Crippen LogP contribution is -2.16. The number of hydrogen-bond acceptors (Lipinski definition) is 5. The van der Waals surface area contributed by atoms with Crippen LogP contribution in [0.1, 0.15) is 29.3 Å². The molecular formula is C19H18N2O3S. The second kappa shape index (κ2) is 7.81. The molecule has 5 nitrogen and oxygen atoms in total. The molecule has 0 atom stereocenters. The zero-order chi connectivity index (χ0) is 17.6. The molecule has 0 bridgehead atoms. The van der Waals surface area contributed by atoms with E-state index in [2.05, 4.69) is 10.5 Å². The molecular weight excluding hydrogens is 336 g/mol. The molecule has 0 aliphatic carbocycles. The Hall–Kier alpha value is -2.86. The number of thiophene rings is 1. The lowest BCUT2D eigenvalue weighted by Gasteiger charge is -2.09. The summed E-state index contributed by atoms with van der Waals surface area (Å²) in [6, 6.07) is 14.8. The zero-order valence-electron chi connectivity index (χ0n) is 13.9. The van der Waals surface area contributed by atoms with Crippen molar-refractivity contribution in [3.63, 3.8) is 0 Å². The lowest BCUT2D eigenvalue weighted by molar-refractivity contribution is 0.0928. The molecule has 0 fully saturated rings. The fraction of sp³-hybridized carbons (Fsp3) is 0.158. The summed E-state index contributed by atoms with van der Waals surface area (Å²) < 4.78 is 11.2. The molecule has 2 aromatic heterocycles. The van der Waals surface area contributed by atoms with Crippen LogP contribution < -0.4 is 10.2 Å². The summed E-state index contributed by atoms with van der Waals surface area (Å²) in [5.41, 5.74) is 3.33. The summed E-state index contributed by atoms with van der Waals surface area (Å²) in [5.74, 6) is 1.23. The van der Waals surface area contributed by atoms with Crippen LogP contribution in [0.25, 0.3) is 11.3 Å². The summed E-state index contributed by atoms with van der Waals surface area (Å²) >= 11 is 1.54. The molecule has 128 valence electrons. The van der Waals surface area contributed by atoms with Gasteiger partial charge >= 0.3 is 5.91 Å². The van der Waals surface area contributed by atoms with Gasteiger partial charge in [-0.25, -0.2) is 5.43 Å². The van der Waals surface area contributed by atoms with Crippen LogP contribution in [0.2, 0.25) is 0 Å². The Morgan fingerprint density at radius 3 is 2.68 bits per heavy atom. The van der Waals surface area contributed by atoms with Gasteiger partial charge < -0.3 is 9.15 Å². The van der Waals surface area contributed by atoms with E-state index in [0.29, 0.717) is 5.76 Å². The SMILES string of the molecule is CC(C)Oc1ccc(-c2ccc(C(=O)NN=Cc3cccs3)o2)cc1. The molecule has 0 aliphatic heterocycles. The number of ether oxygens (including phenoxy) is 1. The molecule has 1 N–H and O–H groups in total. The summed E-state index contributed by atoms with van der Waals surface area (Å²) in [5, 5.41) is 5.86. The van der Waals surface area contributed by atoms with Crippen LogP contribution in [-0.4, -0.2) is 18.2 Å². The number of nitrogens with zero attached hydrogens (tertiary/aromatic N) is 1. The first kappa shape index (κ1) is 17.0. The third-order valence-electron chi connectivity index (χ3n) is 3.24. The van der Waals surface area contributed by atoms with E-state index in [0.717, 1.165) is 16.2 Å². The molecule has 1 aromatic carbocycles. The number of amides is 1. The molecule has 0 saturated heterocycles. The third kappa shape index (κ3) is 4.58. The minimum atomic E-state index is -0.390. The number of carbonyl (C=O) groups is 1. The van der Waals surface area contributed by atoms with Crippen molar-refractivity contribution in [3.05, 3.63) is 64.5 Å². The predicted molar refractivity (Wildman–Crippen MR) is 99.3 cm³/mol. The van der Waals surface area contributed by atoms with Crippen molar-refractivity contribution in [3.8, 4) is 17.1 Å². The van der Waals surface area contributed by atoms with Gasteiger partial charge in [-0.05, 0) is 61.7 Å². The van der Waals surface area contributed by atoms with Crippen molar-refractivity contribution in [2.75, 3.05) is 0 Å². The van der Waals surface area contributed by atoms with Crippen LogP contribution in [0.15, 0.2) is 63.4 Å². The second-order valence-corrected chi connectivity index (χ2v) is 6.55. The highest BCUT2D eigenvalue weighted by atomic mass is 32.1. The van der Waals surface area contributed by atoms with E-state index in [4.69, 9.17) is 9.15 Å². The quantitative estimate of drug-likeness (QED) is 0.521. The Labute approximate surface area is 149 Å². The minimum Gasteiger partial charge on any atom is -0.491 e. The van der Waals surface area contributed by atoms with E-state index in [9.17, 15) is 4.79 Å². The molecule has 1 amide bonds. The van der Waals surface area contributed by atoms with E-state index in [1.165, 1.54) is 0 Å². The Morgan fingerprint density at radius 1 is 1.20 bits per heavy atom. The van der Waals surface area contributed by atoms with Gasteiger partial charge in [-0.2, -0.15) is 5.10 Å². The van der Waals surface area contributed by atoms with Gasteiger partial charge in [0.25, 0.3) is 0 Å². The van der Waals surface area contributed by atoms with Crippen molar-refractivity contribution in [2.24, 2.45) is 5.10 Å². The van der Waals surface area contributed by atoms with Gasteiger partial charge in [-0.1, -0.05) is 6.07 Å². The van der Waals surface area contributed by atoms with Crippen LogP contribution in [0, 0.1) is 0 Å². The normalized spacial score (nSPS) is 11.2. The molecule has 0 spiro atoms. The highest BCUT2D eigenvalue weighted by Gasteiger charge is 2.11. The van der Waals surface area contributed by atoms with Gasteiger partial charge in [-0.3, -0.25) is 4.79 Å². The highest BCUT2D eigenvalue weighted by Crippen LogP contribution is 2.25. The van der Waals surface area contributed by atoms with Crippen LogP contribution in [-0.2, 0) is 0 Å². The second-order valence-electron chi connectivity index (χ2n) is 5.57. The maximum Gasteiger partial charge on any atom is 0.307 e. The molecule has 0 unspecified atom stereocenters. The van der Waals surface area contributed by atoms with E-state index in [1.807, 2.05) is 55.6 Å². The fourth-order valence-electron chi connectivity index (χ4n) is 2.16. The zero-order valence-corrected chi connectivity index (χ0v) is 14.7. The molecule has 6 heteroatoms. The maximum absolute atomic E-state index is 12.1. The number of carbonyl (C=O) groups excluding carboxylic acids is 1. The maximum atomic E-state index is 12.1. The predicted octanol–water partition coefficient (Wildman–Crippen LogP) is 4.56. The van der Waals surface area contributed by atoms with Crippen molar-refractivity contribution in [1.29, 1.82) is 0 Å². The number of nitrogens with one attached hydrogen (secondary N) is 1. The molecule has 25 heavy (non-hydrogen) atoms. The fourth-order valence-corrected chi connectivity index (χ4v) is 2.74. The molecule has 3 rings (SSSR count). The Bertz CT molecular complexity index is 849. The van der Waals surface area contributed by atoms with Crippen molar-refractivity contribution >= 4 is 23.5 Å². The average molecular weight is 354 g/mol. The van der Waals surface area contributed by atoms with Crippen LogP contribution >= 0.6 is 11.3 Å². The van der Waals surface area contributed by atoms with Gasteiger partial charge in [0.2, 0.25) is 0 Å². The molecule has 3 aromatic rings. The van der Waals surface area contributed by atoms with Gasteiger partial charge in [0.1, 0.15) is 11.5 Å². The summed E-state index contributed by atoms with van der Waals surface area (Å²) in [6.07, 6.45) is 1.72. The lowest BCUT2D eigenvalue weighted by atomic mass is 10.2. The summed E-state index contributed by atoms with van der Waals surface area (Å²) in [6.45, 7) is 3.96. The van der Waals surface area contributed by atoms with Crippen LogP contribution in [0.4, 0.5) is 0 Å². The number of furan rings is 1. The van der Waals surface area contributed by atoms with Crippen LogP contribution in [0.3, 0.4) is 0 Å². The highest BCUT2D eigenvalue weighted by molar-refractivity contribution is 7.11. The number of hydrogen-bond donors (Lipinski definition) is 1. The van der Waals surface area contributed by atoms with E-state index < -0.39 is 0 Å².